The quantitative estimate of drug-likeness (QED) is 0.455. The predicted octanol–water partition coefficient (Wildman–Crippen LogP) is 4.80. The molecule has 1 atom stereocenters. The van der Waals surface area contributed by atoms with Gasteiger partial charge in [0.25, 0.3) is 15.9 Å². The van der Waals surface area contributed by atoms with E-state index in [1.54, 1.807) is 18.2 Å². The molecule has 2 aliphatic heterocycles. The Morgan fingerprint density at radius 2 is 1.81 bits per heavy atom. The van der Waals surface area contributed by atoms with E-state index in [9.17, 15) is 13.2 Å². The highest BCUT2D eigenvalue weighted by Crippen LogP contribution is 2.28. The number of sulfonamides is 1. The van der Waals surface area contributed by atoms with Crippen LogP contribution in [-0.2, 0) is 10.0 Å². The van der Waals surface area contributed by atoms with E-state index in [1.807, 2.05) is 24.3 Å². The second-order valence-corrected chi connectivity index (χ2v) is 10.7. The van der Waals surface area contributed by atoms with Gasteiger partial charge in [0.15, 0.2) is 0 Å². The zero-order valence-electron chi connectivity index (χ0n) is 19.8. The third-order valence-corrected chi connectivity index (χ3v) is 7.64. The summed E-state index contributed by atoms with van der Waals surface area (Å²) in [4.78, 5) is 21.8. The highest BCUT2D eigenvalue weighted by Gasteiger charge is 2.22. The molecule has 8 nitrogen and oxygen atoms in total. The van der Waals surface area contributed by atoms with E-state index < -0.39 is 10.0 Å². The van der Waals surface area contributed by atoms with Crippen LogP contribution in [-0.4, -0.2) is 36.9 Å². The summed E-state index contributed by atoms with van der Waals surface area (Å²) in [7, 11) is -4.05. The number of ether oxygens (including phenoxy) is 1. The lowest BCUT2D eigenvalue weighted by Crippen LogP contribution is -2.39. The van der Waals surface area contributed by atoms with Gasteiger partial charge < -0.3 is 10.1 Å². The second-order valence-electron chi connectivity index (χ2n) is 9.01. The summed E-state index contributed by atoms with van der Waals surface area (Å²) in [5.41, 5.74) is 2.61. The first-order valence-electron chi connectivity index (χ1n) is 12.2. The van der Waals surface area contributed by atoms with Crippen LogP contribution < -0.4 is 14.8 Å². The Morgan fingerprint density at radius 1 is 0.944 bits per heavy atom. The smallest absolute Gasteiger partial charge is 0.264 e. The van der Waals surface area contributed by atoms with E-state index >= 15 is 0 Å². The number of nitrogens with zero attached hydrogens (tertiary/aromatic N) is 2. The van der Waals surface area contributed by atoms with Crippen molar-refractivity contribution in [2.24, 2.45) is 0 Å². The van der Waals surface area contributed by atoms with Gasteiger partial charge in [0, 0.05) is 17.2 Å². The van der Waals surface area contributed by atoms with Crippen molar-refractivity contribution in [3.63, 3.8) is 0 Å². The zero-order valence-corrected chi connectivity index (χ0v) is 20.6. The molecule has 2 aromatic carbocycles. The molecular formula is C27H28N4O4S. The molecule has 36 heavy (non-hydrogen) atoms. The lowest BCUT2D eigenvalue weighted by molar-refractivity contribution is 0.0916. The molecule has 5 rings (SSSR count). The minimum absolute atomic E-state index is 0.0448. The molecule has 6 bridgehead atoms. The summed E-state index contributed by atoms with van der Waals surface area (Å²) >= 11 is 0. The number of hydrogen-bond donors (Lipinski definition) is 2. The molecule has 0 spiro atoms. The summed E-state index contributed by atoms with van der Waals surface area (Å²) in [6.07, 6.45) is 10.1. The number of carbonyl (C=O) groups excluding carboxylic acids is 1. The average Bonchev–Trinajstić information content (AvgIpc) is 2.87. The number of fused-ring (bicyclic) bond motifs is 8. The Hall–Kier alpha value is -3.72. The van der Waals surface area contributed by atoms with Gasteiger partial charge in [-0.15, -0.1) is 0 Å². The number of amides is 1. The Labute approximate surface area is 210 Å². The molecule has 2 N–H and O–H groups in total. The van der Waals surface area contributed by atoms with E-state index in [0.29, 0.717) is 5.69 Å². The zero-order chi connectivity index (χ0) is 25.0. The third-order valence-electron chi connectivity index (χ3n) is 6.31. The highest BCUT2D eigenvalue weighted by molar-refractivity contribution is 7.92. The first-order chi connectivity index (χ1) is 17.5. The van der Waals surface area contributed by atoms with E-state index in [1.165, 1.54) is 12.1 Å². The van der Waals surface area contributed by atoms with E-state index in [4.69, 9.17) is 4.74 Å². The molecule has 2 aliphatic rings. The van der Waals surface area contributed by atoms with Crippen molar-refractivity contribution in [2.75, 3.05) is 11.3 Å². The first kappa shape index (κ1) is 24.0. The molecule has 186 valence electrons. The molecule has 0 aliphatic carbocycles. The maximum absolute atomic E-state index is 13.2. The number of benzene rings is 2. The number of aromatic nitrogens is 2. The highest BCUT2D eigenvalue weighted by atomic mass is 32.2. The standard InChI is InChI=1S/C27H28N4O4S/c32-26-20-12-9-14-22(16-20)36(33,34)31-27-29-24-17-25(30-27)35-18-21(28-26)13-6-4-2-1-3-5-10-19-11-7-8-15-23(19)24/h5,7-12,14-17,21H,1-4,6,13,18H2,(H,28,32)(H,29,30,31)/b10-5+/t21-/m1/s1. The summed E-state index contributed by atoms with van der Waals surface area (Å²) < 4.78 is 34.9. The molecule has 9 heteroatoms. The molecule has 1 amide bonds. The molecule has 0 fully saturated rings. The fourth-order valence-corrected chi connectivity index (χ4v) is 5.40. The maximum Gasteiger partial charge on any atom is 0.264 e. The number of anilines is 1. The second kappa shape index (κ2) is 10.5. The fourth-order valence-electron chi connectivity index (χ4n) is 4.41. The normalized spacial score (nSPS) is 20.6. The summed E-state index contributed by atoms with van der Waals surface area (Å²) in [5, 5.41) is 3.02. The van der Waals surface area contributed by atoms with Crippen LogP contribution in [0.5, 0.6) is 5.88 Å². The lowest BCUT2D eigenvalue weighted by Gasteiger charge is -2.19. The van der Waals surface area contributed by atoms with Crippen LogP contribution in [0.3, 0.4) is 0 Å². The predicted molar refractivity (Wildman–Crippen MR) is 138 cm³/mol. The average molecular weight is 505 g/mol. The molecule has 3 heterocycles. The van der Waals surface area contributed by atoms with Gasteiger partial charge in [-0.25, -0.2) is 18.1 Å². The minimum Gasteiger partial charge on any atom is -0.475 e. The largest absolute Gasteiger partial charge is 0.475 e. The van der Waals surface area contributed by atoms with Crippen LogP contribution in [0.25, 0.3) is 17.3 Å². The van der Waals surface area contributed by atoms with Crippen molar-refractivity contribution in [1.29, 1.82) is 0 Å². The van der Waals surface area contributed by atoms with E-state index in [2.05, 4.69) is 32.2 Å². The van der Waals surface area contributed by atoms with Crippen LogP contribution in [0.1, 0.15) is 54.4 Å². The Kier molecular flexibility index (Phi) is 6.99. The van der Waals surface area contributed by atoms with Crippen LogP contribution in [0.4, 0.5) is 5.95 Å². The number of hydrogen-bond acceptors (Lipinski definition) is 6. The fraction of sp³-hybridized carbons (Fsp3) is 0.296. The van der Waals surface area contributed by atoms with Gasteiger partial charge in [0.05, 0.1) is 16.6 Å². The van der Waals surface area contributed by atoms with Crippen LogP contribution in [0.15, 0.2) is 65.6 Å². The van der Waals surface area contributed by atoms with E-state index in [-0.39, 0.29) is 40.8 Å². The van der Waals surface area contributed by atoms with Crippen molar-refractivity contribution < 1.29 is 17.9 Å². The van der Waals surface area contributed by atoms with Crippen molar-refractivity contribution in [1.82, 2.24) is 15.3 Å². The summed E-state index contributed by atoms with van der Waals surface area (Å²) in [6.45, 7) is 0.204. The Bertz CT molecular complexity index is 1400. The molecule has 0 saturated heterocycles. The Morgan fingerprint density at radius 3 is 2.72 bits per heavy atom. The topological polar surface area (TPSA) is 110 Å². The SMILES string of the molecule is O=C1N[C@@H]2CCCCCC/C=C/c3ccccc3-c3cc(nc(n3)NS(=O)(=O)c3cccc1c3)OC2. The lowest BCUT2D eigenvalue weighted by atomic mass is 10.0. The molecular weight excluding hydrogens is 476 g/mol. The summed E-state index contributed by atoms with van der Waals surface area (Å²) in [6, 6.07) is 15.2. The van der Waals surface area contributed by atoms with Crippen molar-refractivity contribution in [3.05, 3.63) is 71.8 Å². The van der Waals surface area contributed by atoms with Gasteiger partial charge in [-0.1, -0.05) is 61.7 Å². The number of carbonyl (C=O) groups is 1. The molecule has 0 unspecified atom stereocenters. The van der Waals surface area contributed by atoms with Gasteiger partial charge in [0.2, 0.25) is 11.8 Å². The maximum atomic E-state index is 13.2. The summed E-state index contributed by atoms with van der Waals surface area (Å²) in [5.74, 6) is -0.205. The number of rotatable bonds is 0. The van der Waals surface area contributed by atoms with Gasteiger partial charge in [-0.3, -0.25) is 4.79 Å². The van der Waals surface area contributed by atoms with Gasteiger partial charge in [0.1, 0.15) is 6.61 Å². The molecule has 0 radical (unpaired) electrons. The Balaban J connectivity index is 1.65. The van der Waals surface area contributed by atoms with Crippen molar-refractivity contribution in [3.8, 4) is 17.1 Å². The number of allylic oxidation sites excluding steroid dienone is 1. The molecule has 0 saturated carbocycles. The van der Waals surface area contributed by atoms with Crippen LogP contribution in [0.2, 0.25) is 0 Å². The number of nitrogens with one attached hydrogen (secondary N) is 2. The molecule has 1 aromatic heterocycles. The van der Waals surface area contributed by atoms with Gasteiger partial charge in [-0.2, -0.15) is 4.98 Å². The minimum atomic E-state index is -4.05. The third kappa shape index (κ3) is 5.57. The van der Waals surface area contributed by atoms with Crippen LogP contribution in [0, 0.1) is 0 Å². The monoisotopic (exact) mass is 504 g/mol. The first-order valence-corrected chi connectivity index (χ1v) is 13.7. The molecule has 3 aromatic rings. The van der Waals surface area contributed by atoms with Gasteiger partial charge in [-0.05, 0) is 43.0 Å². The van der Waals surface area contributed by atoms with Crippen molar-refractivity contribution in [2.45, 2.75) is 49.5 Å². The van der Waals surface area contributed by atoms with Crippen molar-refractivity contribution >= 4 is 28.0 Å². The van der Waals surface area contributed by atoms with E-state index in [0.717, 1.165) is 49.7 Å². The van der Waals surface area contributed by atoms with Gasteiger partial charge >= 0.3 is 0 Å². The van der Waals surface area contributed by atoms with Crippen LogP contribution >= 0.6 is 0 Å².